The zero-order chi connectivity index (χ0) is 22.1. The predicted molar refractivity (Wildman–Crippen MR) is 116 cm³/mol. The lowest BCUT2D eigenvalue weighted by atomic mass is 10.1. The fourth-order valence-electron chi connectivity index (χ4n) is 2.89. The summed E-state index contributed by atoms with van der Waals surface area (Å²) in [4.78, 5) is 12.5. The molecule has 2 rings (SSSR count). The molecule has 1 amide bonds. The molecule has 1 N–H and O–H groups in total. The predicted octanol–water partition coefficient (Wildman–Crippen LogP) is 2.23. The first-order valence-electron chi connectivity index (χ1n) is 9.47. The van der Waals surface area contributed by atoms with Gasteiger partial charge in [-0.1, -0.05) is 18.2 Å². The van der Waals surface area contributed by atoms with Gasteiger partial charge in [0.2, 0.25) is 15.9 Å². The Balaban J connectivity index is 2.04. The average molecular weight is 437 g/mol. The van der Waals surface area contributed by atoms with Gasteiger partial charge in [-0.3, -0.25) is 9.10 Å². The van der Waals surface area contributed by atoms with E-state index in [0.29, 0.717) is 42.5 Å². The molecule has 0 radical (unpaired) electrons. The summed E-state index contributed by atoms with van der Waals surface area (Å²) in [5.41, 5.74) is 1.28. The summed E-state index contributed by atoms with van der Waals surface area (Å²) < 4.78 is 41.7. The molecule has 0 unspecified atom stereocenters. The Hall–Kier alpha value is -2.94. The highest BCUT2D eigenvalue weighted by Crippen LogP contribution is 2.30. The van der Waals surface area contributed by atoms with Crippen LogP contribution in [0.4, 0.5) is 5.69 Å². The number of ether oxygens (including phenoxy) is 3. The molecule has 0 spiro atoms. The van der Waals surface area contributed by atoms with E-state index in [1.165, 1.54) is 0 Å². The summed E-state index contributed by atoms with van der Waals surface area (Å²) in [6.45, 7) is 2.20. The number of benzene rings is 2. The number of hydrogen-bond donors (Lipinski definition) is 1. The van der Waals surface area contributed by atoms with Crippen LogP contribution in [0.15, 0.2) is 42.5 Å². The Bertz CT molecular complexity index is 962. The largest absolute Gasteiger partial charge is 0.493 e. The highest BCUT2D eigenvalue weighted by Gasteiger charge is 2.23. The number of para-hydroxylation sites is 2. The second-order valence-corrected chi connectivity index (χ2v) is 8.37. The molecule has 0 saturated heterocycles. The van der Waals surface area contributed by atoms with Crippen molar-refractivity contribution in [3.63, 3.8) is 0 Å². The SMILES string of the molecule is CCOc1ccccc1N(CC(=O)NCCc1ccc(OC)c(OC)c1)S(C)(=O)=O. The van der Waals surface area contributed by atoms with Crippen molar-refractivity contribution >= 4 is 21.6 Å². The number of nitrogens with zero attached hydrogens (tertiary/aromatic N) is 1. The number of amides is 1. The quantitative estimate of drug-likeness (QED) is 0.581. The van der Waals surface area contributed by atoms with Gasteiger partial charge in [0, 0.05) is 6.54 Å². The van der Waals surface area contributed by atoms with Crippen LogP contribution in [-0.2, 0) is 21.2 Å². The third-order valence-electron chi connectivity index (χ3n) is 4.31. The van der Waals surface area contributed by atoms with Gasteiger partial charge < -0.3 is 19.5 Å². The van der Waals surface area contributed by atoms with Gasteiger partial charge in [-0.15, -0.1) is 0 Å². The maximum absolute atomic E-state index is 12.5. The molecule has 0 bridgehead atoms. The van der Waals surface area contributed by atoms with E-state index in [0.717, 1.165) is 16.1 Å². The van der Waals surface area contributed by atoms with Crippen LogP contribution in [0.25, 0.3) is 0 Å². The van der Waals surface area contributed by atoms with Crippen molar-refractivity contribution in [2.75, 3.05) is 44.5 Å². The number of methoxy groups -OCH3 is 2. The summed E-state index contributed by atoms with van der Waals surface area (Å²) >= 11 is 0. The normalized spacial score (nSPS) is 10.9. The van der Waals surface area contributed by atoms with E-state index in [9.17, 15) is 13.2 Å². The van der Waals surface area contributed by atoms with Crippen LogP contribution < -0.4 is 23.8 Å². The van der Waals surface area contributed by atoms with E-state index in [-0.39, 0.29) is 6.54 Å². The van der Waals surface area contributed by atoms with Crippen LogP contribution in [0.2, 0.25) is 0 Å². The maximum Gasteiger partial charge on any atom is 0.240 e. The molecule has 0 heterocycles. The van der Waals surface area contributed by atoms with Gasteiger partial charge in [0.25, 0.3) is 0 Å². The Labute approximate surface area is 177 Å². The molecule has 0 fully saturated rings. The van der Waals surface area contributed by atoms with E-state index >= 15 is 0 Å². The molecule has 30 heavy (non-hydrogen) atoms. The minimum Gasteiger partial charge on any atom is -0.493 e. The van der Waals surface area contributed by atoms with Crippen LogP contribution in [0.1, 0.15) is 12.5 Å². The van der Waals surface area contributed by atoms with Gasteiger partial charge in [0.1, 0.15) is 12.3 Å². The molecule has 164 valence electrons. The number of sulfonamides is 1. The topological polar surface area (TPSA) is 94.2 Å². The smallest absolute Gasteiger partial charge is 0.240 e. The van der Waals surface area contributed by atoms with E-state index in [1.807, 2.05) is 19.1 Å². The first kappa shape index (κ1) is 23.3. The second-order valence-electron chi connectivity index (χ2n) is 6.46. The molecular weight excluding hydrogens is 408 g/mol. The number of hydrogen-bond acceptors (Lipinski definition) is 6. The molecule has 0 aliphatic rings. The third-order valence-corrected chi connectivity index (χ3v) is 5.43. The first-order chi connectivity index (χ1) is 14.3. The zero-order valence-electron chi connectivity index (χ0n) is 17.7. The van der Waals surface area contributed by atoms with Gasteiger partial charge in [0.15, 0.2) is 11.5 Å². The highest BCUT2D eigenvalue weighted by atomic mass is 32.2. The maximum atomic E-state index is 12.5. The molecule has 9 heteroatoms. The summed E-state index contributed by atoms with van der Waals surface area (Å²) in [5.74, 6) is 1.23. The molecule has 0 aliphatic carbocycles. The molecule has 8 nitrogen and oxygen atoms in total. The summed E-state index contributed by atoms with van der Waals surface area (Å²) in [7, 11) is -0.562. The molecule has 0 saturated carbocycles. The number of carbonyl (C=O) groups is 1. The van der Waals surface area contributed by atoms with Crippen molar-refractivity contribution in [3.8, 4) is 17.2 Å². The van der Waals surface area contributed by atoms with Crippen molar-refractivity contribution in [3.05, 3.63) is 48.0 Å². The number of rotatable bonds is 11. The van der Waals surface area contributed by atoms with Crippen molar-refractivity contribution in [2.45, 2.75) is 13.3 Å². The second kappa shape index (κ2) is 10.7. The number of nitrogens with one attached hydrogen (secondary N) is 1. The molecule has 0 aliphatic heterocycles. The molecule has 2 aromatic rings. The monoisotopic (exact) mass is 436 g/mol. The van der Waals surface area contributed by atoms with E-state index in [4.69, 9.17) is 14.2 Å². The van der Waals surface area contributed by atoms with Crippen molar-refractivity contribution < 1.29 is 27.4 Å². The Morgan fingerprint density at radius 2 is 1.73 bits per heavy atom. The fraction of sp³-hybridized carbons (Fsp3) is 0.381. The highest BCUT2D eigenvalue weighted by molar-refractivity contribution is 7.92. The van der Waals surface area contributed by atoms with E-state index in [2.05, 4.69) is 5.32 Å². The molecular formula is C21H28N2O6S. The van der Waals surface area contributed by atoms with E-state index in [1.54, 1.807) is 44.6 Å². The third kappa shape index (κ3) is 6.28. The minimum absolute atomic E-state index is 0.330. The van der Waals surface area contributed by atoms with Crippen molar-refractivity contribution in [1.29, 1.82) is 0 Å². The summed E-state index contributed by atoms with van der Waals surface area (Å²) in [6, 6.07) is 12.3. The van der Waals surface area contributed by atoms with E-state index < -0.39 is 15.9 Å². The molecule has 0 aromatic heterocycles. The zero-order valence-corrected chi connectivity index (χ0v) is 18.5. The van der Waals surface area contributed by atoms with Crippen LogP contribution in [0.5, 0.6) is 17.2 Å². The van der Waals surface area contributed by atoms with Crippen LogP contribution in [-0.4, -0.2) is 54.5 Å². The van der Waals surface area contributed by atoms with Crippen LogP contribution >= 0.6 is 0 Å². The summed E-state index contributed by atoms with van der Waals surface area (Å²) in [6.07, 6.45) is 1.62. The number of anilines is 1. The fourth-order valence-corrected chi connectivity index (χ4v) is 3.75. The van der Waals surface area contributed by atoms with Gasteiger partial charge in [0.05, 0.1) is 32.8 Å². The lowest BCUT2D eigenvalue weighted by molar-refractivity contribution is -0.119. The minimum atomic E-state index is -3.69. The number of carbonyl (C=O) groups excluding carboxylic acids is 1. The van der Waals surface area contributed by atoms with Gasteiger partial charge in [-0.25, -0.2) is 8.42 Å². The van der Waals surface area contributed by atoms with Gasteiger partial charge >= 0.3 is 0 Å². The average Bonchev–Trinajstić information content (AvgIpc) is 2.72. The Morgan fingerprint density at radius 1 is 1.03 bits per heavy atom. The van der Waals surface area contributed by atoms with Crippen LogP contribution in [0, 0.1) is 0 Å². The lowest BCUT2D eigenvalue weighted by Crippen LogP contribution is -2.41. The first-order valence-corrected chi connectivity index (χ1v) is 11.3. The van der Waals surface area contributed by atoms with Crippen molar-refractivity contribution in [2.24, 2.45) is 0 Å². The summed E-state index contributed by atoms with van der Waals surface area (Å²) in [5, 5.41) is 2.76. The molecule has 0 atom stereocenters. The Kier molecular flexibility index (Phi) is 8.35. The lowest BCUT2D eigenvalue weighted by Gasteiger charge is -2.24. The standard InChI is InChI=1S/C21H28N2O6S/c1-5-29-18-9-7-6-8-17(18)23(30(4,25)26)15-21(24)22-13-12-16-10-11-19(27-2)20(14-16)28-3/h6-11,14H,5,12-13,15H2,1-4H3,(H,22,24). The Morgan fingerprint density at radius 3 is 2.37 bits per heavy atom. The van der Waals surface area contributed by atoms with Gasteiger partial charge in [-0.05, 0) is 43.2 Å². The van der Waals surface area contributed by atoms with Crippen LogP contribution in [0.3, 0.4) is 0 Å². The molecule has 2 aromatic carbocycles. The van der Waals surface area contributed by atoms with Crippen molar-refractivity contribution in [1.82, 2.24) is 5.32 Å². The van der Waals surface area contributed by atoms with Gasteiger partial charge in [-0.2, -0.15) is 0 Å².